The van der Waals surface area contributed by atoms with Crippen molar-refractivity contribution in [1.82, 2.24) is 0 Å². The predicted molar refractivity (Wildman–Crippen MR) is 61.3 cm³/mol. The SMILES string of the molecule is CCOC(=O)C(C)(C#N)[C@H](O)[C@H]1COC(C)(C)O1. The highest BCUT2D eigenvalue weighted by molar-refractivity contribution is 5.80. The van der Waals surface area contributed by atoms with E-state index in [1.54, 1.807) is 26.8 Å². The summed E-state index contributed by atoms with van der Waals surface area (Å²) in [5, 5.41) is 19.3. The molecule has 0 amide bonds. The van der Waals surface area contributed by atoms with Crippen molar-refractivity contribution in [3.05, 3.63) is 0 Å². The molecule has 3 atom stereocenters. The Balaban J connectivity index is 2.83. The Hall–Kier alpha value is -1.16. The highest BCUT2D eigenvalue weighted by atomic mass is 16.7. The molecule has 0 aliphatic carbocycles. The number of carbonyl (C=O) groups is 1. The molecule has 6 heteroatoms. The molecule has 1 saturated heterocycles. The van der Waals surface area contributed by atoms with Crippen LogP contribution in [0.25, 0.3) is 0 Å². The van der Waals surface area contributed by atoms with E-state index >= 15 is 0 Å². The Morgan fingerprint density at radius 1 is 1.72 bits per heavy atom. The zero-order chi connectivity index (χ0) is 14.0. The molecule has 0 radical (unpaired) electrons. The molecule has 1 unspecified atom stereocenters. The molecule has 102 valence electrons. The van der Waals surface area contributed by atoms with Gasteiger partial charge in [-0.1, -0.05) is 0 Å². The van der Waals surface area contributed by atoms with Crippen LogP contribution in [0.4, 0.5) is 0 Å². The van der Waals surface area contributed by atoms with Crippen LogP contribution in [0.3, 0.4) is 0 Å². The average Bonchev–Trinajstić information content (AvgIpc) is 2.67. The third kappa shape index (κ3) is 2.80. The van der Waals surface area contributed by atoms with E-state index in [0.29, 0.717) is 0 Å². The normalized spacial score (nSPS) is 27.0. The third-order valence-electron chi connectivity index (χ3n) is 2.91. The molecule has 1 N–H and O–H groups in total. The number of rotatable bonds is 4. The number of ether oxygens (including phenoxy) is 3. The Morgan fingerprint density at radius 3 is 2.72 bits per heavy atom. The Morgan fingerprint density at radius 2 is 2.33 bits per heavy atom. The number of nitrogens with zero attached hydrogens (tertiary/aromatic N) is 1. The standard InChI is InChI=1S/C12H19NO5/c1-5-16-10(15)12(4,7-13)9(14)8-6-17-11(2,3)18-8/h8-9,14H,5-6H2,1-4H3/t8-,9-,12?/m1/s1. The van der Waals surface area contributed by atoms with E-state index in [1.165, 1.54) is 6.92 Å². The highest BCUT2D eigenvalue weighted by Crippen LogP contribution is 2.32. The van der Waals surface area contributed by atoms with Crippen LogP contribution in [0.2, 0.25) is 0 Å². The molecule has 0 spiro atoms. The van der Waals surface area contributed by atoms with Gasteiger partial charge in [0.2, 0.25) is 0 Å². The number of carbonyl (C=O) groups excluding carboxylic acids is 1. The number of hydrogen-bond acceptors (Lipinski definition) is 6. The molecule has 1 rings (SSSR count). The summed E-state index contributed by atoms with van der Waals surface area (Å²) in [6.07, 6.45) is -2.03. The fourth-order valence-electron chi connectivity index (χ4n) is 1.76. The lowest BCUT2D eigenvalue weighted by atomic mass is 9.83. The van der Waals surface area contributed by atoms with Crippen LogP contribution in [-0.2, 0) is 19.0 Å². The van der Waals surface area contributed by atoms with Gasteiger partial charge >= 0.3 is 5.97 Å². The van der Waals surface area contributed by atoms with Crippen LogP contribution in [0, 0.1) is 16.7 Å². The van der Waals surface area contributed by atoms with Crippen molar-refractivity contribution in [2.75, 3.05) is 13.2 Å². The molecule has 18 heavy (non-hydrogen) atoms. The summed E-state index contributed by atoms with van der Waals surface area (Å²) in [6, 6.07) is 1.81. The summed E-state index contributed by atoms with van der Waals surface area (Å²) in [6.45, 7) is 6.66. The molecular weight excluding hydrogens is 238 g/mol. The van der Waals surface area contributed by atoms with E-state index in [9.17, 15) is 9.90 Å². The predicted octanol–water partition coefficient (Wildman–Crippen LogP) is 0.592. The molecular formula is C12H19NO5. The fourth-order valence-corrected chi connectivity index (χ4v) is 1.76. The van der Waals surface area contributed by atoms with Crippen LogP contribution < -0.4 is 0 Å². The highest BCUT2D eigenvalue weighted by Gasteiger charge is 2.50. The summed E-state index contributed by atoms with van der Waals surface area (Å²) in [7, 11) is 0. The van der Waals surface area contributed by atoms with Gasteiger partial charge in [0, 0.05) is 0 Å². The molecule has 1 aliphatic rings. The van der Waals surface area contributed by atoms with Gasteiger partial charge in [-0.2, -0.15) is 5.26 Å². The minimum atomic E-state index is -1.66. The van der Waals surface area contributed by atoms with Crippen LogP contribution >= 0.6 is 0 Å². The quantitative estimate of drug-likeness (QED) is 0.741. The Kier molecular flexibility index (Phi) is 4.32. The van der Waals surface area contributed by atoms with E-state index < -0.39 is 29.4 Å². The van der Waals surface area contributed by atoms with Gasteiger partial charge in [0.1, 0.15) is 12.2 Å². The van der Waals surface area contributed by atoms with Crippen LogP contribution in [0.5, 0.6) is 0 Å². The lowest BCUT2D eigenvalue weighted by molar-refractivity contribution is -0.174. The first-order chi connectivity index (χ1) is 8.27. The summed E-state index contributed by atoms with van der Waals surface area (Å²) in [4.78, 5) is 11.8. The first kappa shape index (κ1) is 14.9. The molecule has 0 aromatic heterocycles. The van der Waals surface area contributed by atoms with Gasteiger partial charge in [-0.15, -0.1) is 0 Å². The molecule has 1 aliphatic heterocycles. The van der Waals surface area contributed by atoms with Crippen molar-refractivity contribution in [2.45, 2.75) is 45.7 Å². The second kappa shape index (κ2) is 5.22. The van der Waals surface area contributed by atoms with Crippen molar-refractivity contribution in [3.63, 3.8) is 0 Å². The van der Waals surface area contributed by atoms with E-state index in [4.69, 9.17) is 19.5 Å². The van der Waals surface area contributed by atoms with Gasteiger partial charge in [0.05, 0.1) is 19.3 Å². The number of aliphatic hydroxyl groups excluding tert-OH is 1. The lowest BCUT2D eigenvalue weighted by Gasteiger charge is -2.29. The van der Waals surface area contributed by atoms with Crippen LogP contribution in [0.1, 0.15) is 27.7 Å². The number of hydrogen-bond donors (Lipinski definition) is 1. The largest absolute Gasteiger partial charge is 0.465 e. The second-order valence-corrected chi connectivity index (χ2v) is 4.85. The zero-order valence-electron chi connectivity index (χ0n) is 11.1. The summed E-state index contributed by atoms with van der Waals surface area (Å²) in [5.74, 6) is -1.58. The topological polar surface area (TPSA) is 88.8 Å². The van der Waals surface area contributed by atoms with Gasteiger partial charge < -0.3 is 19.3 Å². The van der Waals surface area contributed by atoms with Gasteiger partial charge in [0.15, 0.2) is 11.2 Å². The van der Waals surface area contributed by atoms with Gasteiger partial charge in [-0.3, -0.25) is 4.79 Å². The average molecular weight is 257 g/mol. The Labute approximate surface area is 106 Å². The summed E-state index contributed by atoms with van der Waals surface area (Å²) >= 11 is 0. The molecule has 1 fully saturated rings. The molecule has 0 bridgehead atoms. The minimum absolute atomic E-state index is 0.130. The third-order valence-corrected chi connectivity index (χ3v) is 2.91. The zero-order valence-corrected chi connectivity index (χ0v) is 11.1. The summed E-state index contributed by atoms with van der Waals surface area (Å²) < 4.78 is 15.6. The molecule has 1 heterocycles. The van der Waals surface area contributed by atoms with Gasteiger partial charge in [-0.25, -0.2) is 0 Å². The second-order valence-electron chi connectivity index (χ2n) is 4.85. The molecule has 0 saturated carbocycles. The maximum absolute atomic E-state index is 11.8. The van der Waals surface area contributed by atoms with Crippen molar-refractivity contribution in [1.29, 1.82) is 5.26 Å². The first-order valence-electron chi connectivity index (χ1n) is 5.85. The molecule has 0 aromatic rings. The van der Waals surface area contributed by atoms with Gasteiger partial charge in [0.25, 0.3) is 0 Å². The van der Waals surface area contributed by atoms with Crippen molar-refractivity contribution in [2.24, 2.45) is 5.41 Å². The monoisotopic (exact) mass is 257 g/mol. The fraction of sp³-hybridized carbons (Fsp3) is 0.833. The minimum Gasteiger partial charge on any atom is -0.465 e. The van der Waals surface area contributed by atoms with Gasteiger partial charge in [-0.05, 0) is 27.7 Å². The number of nitriles is 1. The lowest BCUT2D eigenvalue weighted by Crippen LogP contribution is -2.48. The van der Waals surface area contributed by atoms with Crippen molar-refractivity contribution < 1.29 is 24.1 Å². The van der Waals surface area contributed by atoms with Crippen LogP contribution in [-0.4, -0.2) is 42.3 Å². The molecule has 0 aromatic carbocycles. The summed E-state index contributed by atoms with van der Waals surface area (Å²) in [5.41, 5.74) is -1.66. The molecule has 6 nitrogen and oxygen atoms in total. The number of esters is 1. The maximum Gasteiger partial charge on any atom is 0.329 e. The van der Waals surface area contributed by atoms with E-state index in [1.807, 2.05) is 0 Å². The Bertz CT molecular complexity index is 362. The van der Waals surface area contributed by atoms with E-state index in [0.717, 1.165) is 0 Å². The van der Waals surface area contributed by atoms with Crippen molar-refractivity contribution in [3.8, 4) is 6.07 Å². The van der Waals surface area contributed by atoms with E-state index in [-0.39, 0.29) is 13.2 Å². The maximum atomic E-state index is 11.8. The smallest absolute Gasteiger partial charge is 0.329 e. The number of aliphatic hydroxyl groups is 1. The van der Waals surface area contributed by atoms with Crippen LogP contribution in [0.15, 0.2) is 0 Å². The van der Waals surface area contributed by atoms with Crippen molar-refractivity contribution >= 4 is 5.97 Å². The first-order valence-corrected chi connectivity index (χ1v) is 5.85. The van der Waals surface area contributed by atoms with E-state index in [2.05, 4.69) is 0 Å².